The van der Waals surface area contributed by atoms with E-state index in [0.717, 1.165) is 0 Å². The summed E-state index contributed by atoms with van der Waals surface area (Å²) in [5.41, 5.74) is 7.25. The van der Waals surface area contributed by atoms with E-state index in [2.05, 4.69) is 15.9 Å². The van der Waals surface area contributed by atoms with Gasteiger partial charge in [0.15, 0.2) is 0 Å². The third kappa shape index (κ3) is 3.14. The van der Waals surface area contributed by atoms with Crippen molar-refractivity contribution in [2.75, 3.05) is 0 Å². The smallest absolute Gasteiger partial charge is 0.142 e. The molecule has 1 atom stereocenters. The van der Waals surface area contributed by atoms with E-state index in [-0.39, 0.29) is 10.8 Å². The SMILES string of the molecule is NC(Cc1cccc(F)c1Br)c1cccc(F)c1Cl. The van der Waals surface area contributed by atoms with Crippen LogP contribution in [0.25, 0.3) is 0 Å². The molecule has 0 spiro atoms. The number of hydrogen-bond acceptors (Lipinski definition) is 1. The van der Waals surface area contributed by atoms with Gasteiger partial charge < -0.3 is 5.73 Å². The summed E-state index contributed by atoms with van der Waals surface area (Å²) in [6, 6.07) is 8.72. The molecular formula is C14H11BrClF2N. The summed E-state index contributed by atoms with van der Waals surface area (Å²) < 4.78 is 27.1. The normalized spacial score (nSPS) is 12.5. The third-order valence-corrected chi connectivity index (χ3v) is 4.14. The highest BCUT2D eigenvalue weighted by atomic mass is 79.9. The second-order valence-electron chi connectivity index (χ2n) is 4.17. The Morgan fingerprint density at radius 2 is 1.74 bits per heavy atom. The summed E-state index contributed by atoms with van der Waals surface area (Å²) in [4.78, 5) is 0. The van der Waals surface area contributed by atoms with Crippen molar-refractivity contribution in [3.63, 3.8) is 0 Å². The summed E-state index contributed by atoms with van der Waals surface area (Å²) in [6.45, 7) is 0. The molecule has 0 amide bonds. The molecule has 0 heterocycles. The second kappa shape index (κ2) is 5.99. The molecule has 2 aromatic carbocycles. The highest BCUT2D eigenvalue weighted by Gasteiger charge is 2.15. The molecule has 100 valence electrons. The van der Waals surface area contributed by atoms with Gasteiger partial charge in [-0.3, -0.25) is 0 Å². The quantitative estimate of drug-likeness (QED) is 0.862. The molecule has 0 aliphatic carbocycles. The van der Waals surface area contributed by atoms with E-state index in [1.165, 1.54) is 12.1 Å². The van der Waals surface area contributed by atoms with Gasteiger partial charge in [0.25, 0.3) is 0 Å². The van der Waals surface area contributed by atoms with Crippen molar-refractivity contribution in [2.45, 2.75) is 12.5 Å². The lowest BCUT2D eigenvalue weighted by atomic mass is 9.99. The Bertz CT molecular complexity index is 604. The van der Waals surface area contributed by atoms with Gasteiger partial charge in [-0.15, -0.1) is 0 Å². The Balaban J connectivity index is 2.28. The van der Waals surface area contributed by atoms with Crippen molar-refractivity contribution in [3.05, 3.63) is 68.7 Å². The van der Waals surface area contributed by atoms with Crippen molar-refractivity contribution in [1.82, 2.24) is 0 Å². The fourth-order valence-electron chi connectivity index (χ4n) is 1.86. The molecule has 5 heteroatoms. The van der Waals surface area contributed by atoms with Gasteiger partial charge >= 0.3 is 0 Å². The first-order valence-corrected chi connectivity index (χ1v) is 6.80. The molecule has 0 fully saturated rings. The van der Waals surface area contributed by atoms with Gasteiger partial charge in [0, 0.05) is 6.04 Å². The number of halogens is 4. The van der Waals surface area contributed by atoms with E-state index in [9.17, 15) is 8.78 Å². The Labute approximate surface area is 123 Å². The maximum absolute atomic E-state index is 13.4. The Hall–Kier alpha value is -0.970. The predicted molar refractivity (Wildman–Crippen MR) is 76.1 cm³/mol. The topological polar surface area (TPSA) is 26.0 Å². The molecule has 0 aromatic heterocycles. The molecule has 0 aliphatic rings. The molecule has 0 saturated heterocycles. The van der Waals surface area contributed by atoms with Gasteiger partial charge in [0.05, 0.1) is 9.50 Å². The van der Waals surface area contributed by atoms with Crippen LogP contribution in [0.4, 0.5) is 8.78 Å². The zero-order chi connectivity index (χ0) is 14.0. The van der Waals surface area contributed by atoms with Crippen LogP contribution in [-0.2, 0) is 6.42 Å². The number of nitrogens with two attached hydrogens (primary N) is 1. The predicted octanol–water partition coefficient (Wildman–Crippen LogP) is 4.62. The standard InChI is InChI=1S/C14H11BrClF2N/c15-13-8(3-1-5-10(13)17)7-12(19)9-4-2-6-11(18)14(9)16/h1-6,12H,7,19H2. The lowest BCUT2D eigenvalue weighted by Gasteiger charge is -2.15. The van der Waals surface area contributed by atoms with E-state index in [0.29, 0.717) is 22.0 Å². The summed E-state index contributed by atoms with van der Waals surface area (Å²) in [5.74, 6) is -0.858. The van der Waals surface area contributed by atoms with Crippen LogP contribution in [0.3, 0.4) is 0 Å². The van der Waals surface area contributed by atoms with E-state index in [4.69, 9.17) is 17.3 Å². The first kappa shape index (κ1) is 14.4. The average Bonchev–Trinajstić information content (AvgIpc) is 2.38. The highest BCUT2D eigenvalue weighted by molar-refractivity contribution is 9.10. The van der Waals surface area contributed by atoms with Gasteiger partial charge in [-0.05, 0) is 45.6 Å². The third-order valence-electron chi connectivity index (χ3n) is 2.85. The van der Waals surface area contributed by atoms with Gasteiger partial charge in [-0.2, -0.15) is 0 Å². The Morgan fingerprint density at radius 3 is 2.47 bits per heavy atom. The molecule has 0 saturated carbocycles. The number of benzene rings is 2. The van der Waals surface area contributed by atoms with Crippen molar-refractivity contribution < 1.29 is 8.78 Å². The molecule has 2 rings (SSSR count). The lowest BCUT2D eigenvalue weighted by Crippen LogP contribution is -2.14. The van der Waals surface area contributed by atoms with Crippen LogP contribution < -0.4 is 5.73 Å². The Morgan fingerprint density at radius 1 is 1.11 bits per heavy atom. The largest absolute Gasteiger partial charge is 0.324 e. The minimum absolute atomic E-state index is 0.0162. The molecule has 0 aliphatic heterocycles. The first-order chi connectivity index (χ1) is 9.00. The van der Waals surface area contributed by atoms with Gasteiger partial charge in [-0.1, -0.05) is 35.9 Å². The molecular weight excluding hydrogens is 336 g/mol. The van der Waals surface area contributed by atoms with E-state index in [1.54, 1.807) is 24.3 Å². The Kier molecular flexibility index (Phi) is 4.55. The molecule has 2 N–H and O–H groups in total. The van der Waals surface area contributed by atoms with Gasteiger partial charge in [-0.25, -0.2) is 8.78 Å². The van der Waals surface area contributed by atoms with E-state index in [1.807, 2.05) is 0 Å². The maximum atomic E-state index is 13.4. The van der Waals surface area contributed by atoms with Crippen LogP contribution in [0.1, 0.15) is 17.2 Å². The summed E-state index contributed by atoms with van der Waals surface area (Å²) in [5, 5.41) is 0.0162. The van der Waals surface area contributed by atoms with Crippen molar-refractivity contribution in [1.29, 1.82) is 0 Å². The molecule has 2 aromatic rings. The highest BCUT2D eigenvalue weighted by Crippen LogP contribution is 2.29. The van der Waals surface area contributed by atoms with Crippen LogP contribution in [0.2, 0.25) is 5.02 Å². The summed E-state index contributed by atoms with van der Waals surface area (Å²) >= 11 is 9.06. The van der Waals surface area contributed by atoms with Crippen LogP contribution >= 0.6 is 27.5 Å². The molecule has 19 heavy (non-hydrogen) atoms. The maximum Gasteiger partial charge on any atom is 0.142 e. The molecule has 1 nitrogen and oxygen atoms in total. The number of hydrogen-bond donors (Lipinski definition) is 1. The van der Waals surface area contributed by atoms with Crippen LogP contribution in [0.5, 0.6) is 0 Å². The summed E-state index contributed by atoms with van der Waals surface area (Å²) in [7, 11) is 0. The van der Waals surface area contributed by atoms with Crippen LogP contribution in [-0.4, -0.2) is 0 Å². The monoisotopic (exact) mass is 345 g/mol. The van der Waals surface area contributed by atoms with Crippen LogP contribution in [0, 0.1) is 11.6 Å². The average molecular weight is 347 g/mol. The number of rotatable bonds is 3. The lowest BCUT2D eigenvalue weighted by molar-refractivity contribution is 0.609. The zero-order valence-corrected chi connectivity index (χ0v) is 12.2. The minimum Gasteiger partial charge on any atom is -0.324 e. The van der Waals surface area contributed by atoms with E-state index < -0.39 is 11.9 Å². The molecule has 0 radical (unpaired) electrons. The van der Waals surface area contributed by atoms with Crippen molar-refractivity contribution in [2.24, 2.45) is 5.73 Å². The zero-order valence-electron chi connectivity index (χ0n) is 9.84. The molecule has 1 unspecified atom stereocenters. The first-order valence-electron chi connectivity index (χ1n) is 5.63. The van der Waals surface area contributed by atoms with Crippen LogP contribution in [0.15, 0.2) is 40.9 Å². The van der Waals surface area contributed by atoms with Crippen molar-refractivity contribution >= 4 is 27.5 Å². The fraction of sp³-hybridized carbons (Fsp3) is 0.143. The van der Waals surface area contributed by atoms with Gasteiger partial charge in [0.2, 0.25) is 0 Å². The van der Waals surface area contributed by atoms with E-state index >= 15 is 0 Å². The molecule has 0 bridgehead atoms. The second-order valence-corrected chi connectivity index (χ2v) is 5.34. The van der Waals surface area contributed by atoms with Gasteiger partial charge in [0.1, 0.15) is 11.6 Å². The fourth-order valence-corrected chi connectivity index (χ4v) is 2.55. The van der Waals surface area contributed by atoms with Crippen molar-refractivity contribution in [3.8, 4) is 0 Å². The summed E-state index contributed by atoms with van der Waals surface area (Å²) in [6.07, 6.45) is 0.363. The minimum atomic E-state index is -0.507.